The van der Waals surface area contributed by atoms with Gasteiger partial charge in [-0.15, -0.1) is 0 Å². The van der Waals surface area contributed by atoms with Crippen LogP contribution in [0, 0.1) is 5.92 Å². The second kappa shape index (κ2) is 5.88. The Morgan fingerprint density at radius 3 is 2.26 bits per heavy atom. The van der Waals surface area contributed by atoms with Crippen molar-refractivity contribution in [1.29, 1.82) is 0 Å². The van der Waals surface area contributed by atoms with Crippen molar-refractivity contribution in [3.05, 3.63) is 70.7 Å². The lowest BCUT2D eigenvalue weighted by Crippen LogP contribution is -2.34. The van der Waals surface area contributed by atoms with Crippen molar-refractivity contribution in [2.75, 3.05) is 0 Å². The molecule has 0 saturated carbocycles. The predicted octanol–water partition coefficient (Wildman–Crippen LogP) is 3.74. The molecule has 0 bridgehead atoms. The van der Waals surface area contributed by atoms with E-state index in [0.29, 0.717) is 5.92 Å². The molecule has 98 valence electrons. The van der Waals surface area contributed by atoms with Crippen LogP contribution in [0.5, 0.6) is 0 Å². The molecule has 19 heavy (non-hydrogen) atoms. The maximum Gasteiger partial charge on any atom is 0.0240 e. The zero-order chi connectivity index (χ0) is 13.8. The molecule has 1 aromatic rings. The van der Waals surface area contributed by atoms with E-state index in [9.17, 15) is 0 Å². The average Bonchev–Trinajstić information content (AvgIpc) is 2.73. The molecule has 0 aromatic heterocycles. The smallest absolute Gasteiger partial charge is 0.0240 e. The van der Waals surface area contributed by atoms with Crippen molar-refractivity contribution < 1.29 is 0 Å². The summed E-state index contributed by atoms with van der Waals surface area (Å²) in [5.41, 5.74) is 4.30. The molecule has 0 N–H and O–H groups in total. The summed E-state index contributed by atoms with van der Waals surface area (Å²) in [5, 5.41) is 2.79. The zero-order valence-corrected chi connectivity index (χ0v) is 12.3. The highest BCUT2D eigenvalue weighted by atomic mass is 14.2. The van der Waals surface area contributed by atoms with Gasteiger partial charge in [0.25, 0.3) is 0 Å². The highest BCUT2D eigenvalue weighted by Crippen LogP contribution is 2.30. The standard InChI is InChI=1S/C17H16.C2H6/c1-12-14-8-4-3-5-9-15(14)13(2)17-11-7-6-10-16(12)17;1-2/h3-11,14H,1-2H3;1-2H3. The zero-order valence-electron chi connectivity index (χ0n) is 12.3. The van der Waals surface area contributed by atoms with E-state index in [0.717, 1.165) is 0 Å². The summed E-state index contributed by atoms with van der Waals surface area (Å²) >= 11 is 0. The van der Waals surface area contributed by atoms with Gasteiger partial charge in [0.1, 0.15) is 0 Å². The van der Waals surface area contributed by atoms with Crippen molar-refractivity contribution in [2.45, 2.75) is 27.7 Å². The van der Waals surface area contributed by atoms with E-state index in [4.69, 9.17) is 0 Å². The molecule has 0 heterocycles. The molecule has 3 rings (SSSR count). The fraction of sp³-hybridized carbons (Fsp3) is 0.263. The lowest BCUT2D eigenvalue weighted by atomic mass is 9.81. The summed E-state index contributed by atoms with van der Waals surface area (Å²) in [6.07, 6.45) is 10.9. The lowest BCUT2D eigenvalue weighted by Gasteiger charge is -2.23. The Morgan fingerprint density at radius 2 is 1.53 bits per heavy atom. The van der Waals surface area contributed by atoms with Gasteiger partial charge in [0.05, 0.1) is 0 Å². The summed E-state index contributed by atoms with van der Waals surface area (Å²) in [5.74, 6) is 0.444. The van der Waals surface area contributed by atoms with Crippen LogP contribution < -0.4 is 10.4 Å². The first kappa shape index (κ1) is 13.6. The Kier molecular flexibility index (Phi) is 4.21. The SMILES string of the molecule is CC.CC1=c2ccccc2=C(C)C2C=CC=CC=C12. The molecule has 0 spiro atoms. The summed E-state index contributed by atoms with van der Waals surface area (Å²) in [4.78, 5) is 0. The lowest BCUT2D eigenvalue weighted by molar-refractivity contribution is 0.992. The van der Waals surface area contributed by atoms with E-state index < -0.39 is 0 Å². The van der Waals surface area contributed by atoms with Gasteiger partial charge in [0.2, 0.25) is 0 Å². The molecular weight excluding hydrogens is 228 g/mol. The first-order valence-electron chi connectivity index (χ1n) is 7.11. The molecule has 0 aliphatic heterocycles. The van der Waals surface area contributed by atoms with Crippen LogP contribution in [0.15, 0.2) is 60.2 Å². The molecule has 1 aromatic carbocycles. The third-order valence-electron chi connectivity index (χ3n) is 3.79. The van der Waals surface area contributed by atoms with Gasteiger partial charge in [-0.05, 0) is 35.4 Å². The quantitative estimate of drug-likeness (QED) is 0.658. The van der Waals surface area contributed by atoms with Crippen LogP contribution in [0.1, 0.15) is 27.7 Å². The molecule has 0 amide bonds. The van der Waals surface area contributed by atoms with Gasteiger partial charge >= 0.3 is 0 Å². The van der Waals surface area contributed by atoms with Crippen LogP contribution in [-0.2, 0) is 0 Å². The van der Waals surface area contributed by atoms with Gasteiger partial charge in [0, 0.05) is 5.92 Å². The molecular formula is C19H22. The molecule has 2 aliphatic rings. The monoisotopic (exact) mass is 250 g/mol. The van der Waals surface area contributed by atoms with Gasteiger partial charge in [-0.1, -0.05) is 74.1 Å². The maximum atomic E-state index is 2.30. The molecule has 2 aliphatic carbocycles. The van der Waals surface area contributed by atoms with Gasteiger partial charge in [0.15, 0.2) is 0 Å². The molecule has 1 unspecified atom stereocenters. The Morgan fingerprint density at radius 1 is 0.842 bits per heavy atom. The minimum atomic E-state index is 0.444. The molecule has 0 nitrogen and oxygen atoms in total. The van der Waals surface area contributed by atoms with Crippen LogP contribution in [-0.4, -0.2) is 0 Å². The molecule has 0 radical (unpaired) electrons. The van der Waals surface area contributed by atoms with E-state index in [1.54, 1.807) is 0 Å². The highest BCUT2D eigenvalue weighted by molar-refractivity contribution is 5.75. The normalized spacial score (nSPS) is 19.8. The fourth-order valence-corrected chi connectivity index (χ4v) is 2.82. The van der Waals surface area contributed by atoms with Crippen LogP contribution in [0.3, 0.4) is 0 Å². The van der Waals surface area contributed by atoms with Gasteiger partial charge in [-0.25, -0.2) is 0 Å². The van der Waals surface area contributed by atoms with E-state index in [1.807, 2.05) is 13.8 Å². The van der Waals surface area contributed by atoms with E-state index in [-0.39, 0.29) is 0 Å². The van der Waals surface area contributed by atoms with E-state index in [2.05, 4.69) is 68.5 Å². The highest BCUT2D eigenvalue weighted by Gasteiger charge is 2.20. The van der Waals surface area contributed by atoms with Crippen LogP contribution in [0.25, 0.3) is 11.1 Å². The molecule has 1 atom stereocenters. The first-order chi connectivity index (χ1) is 9.29. The number of hydrogen-bond donors (Lipinski definition) is 0. The third kappa shape index (κ3) is 2.35. The maximum absolute atomic E-state index is 2.30. The Balaban J connectivity index is 0.000000637. The topological polar surface area (TPSA) is 0 Å². The minimum Gasteiger partial charge on any atom is -0.0729 e. The predicted molar refractivity (Wildman–Crippen MR) is 85.1 cm³/mol. The summed E-state index contributed by atoms with van der Waals surface area (Å²) in [6.45, 7) is 8.48. The molecule has 0 saturated heterocycles. The van der Waals surface area contributed by atoms with Crippen LogP contribution in [0.2, 0.25) is 0 Å². The number of hydrogen-bond acceptors (Lipinski definition) is 0. The van der Waals surface area contributed by atoms with Crippen molar-refractivity contribution in [3.63, 3.8) is 0 Å². The Bertz CT molecular complexity index is 666. The third-order valence-corrected chi connectivity index (χ3v) is 3.79. The van der Waals surface area contributed by atoms with Gasteiger partial charge in [-0.3, -0.25) is 0 Å². The number of rotatable bonds is 0. The van der Waals surface area contributed by atoms with Crippen molar-refractivity contribution in [2.24, 2.45) is 5.92 Å². The number of allylic oxidation sites excluding steroid dienone is 6. The second-order valence-electron chi connectivity index (χ2n) is 4.72. The second-order valence-corrected chi connectivity index (χ2v) is 4.72. The largest absolute Gasteiger partial charge is 0.0729 e. The van der Waals surface area contributed by atoms with Crippen molar-refractivity contribution in [1.82, 2.24) is 0 Å². The summed E-state index contributed by atoms with van der Waals surface area (Å²) < 4.78 is 0. The van der Waals surface area contributed by atoms with E-state index >= 15 is 0 Å². The van der Waals surface area contributed by atoms with Crippen LogP contribution in [0.4, 0.5) is 0 Å². The van der Waals surface area contributed by atoms with Crippen molar-refractivity contribution in [3.8, 4) is 0 Å². The minimum absolute atomic E-state index is 0.444. The van der Waals surface area contributed by atoms with E-state index in [1.165, 1.54) is 27.2 Å². The number of fused-ring (bicyclic) bond motifs is 2. The average molecular weight is 250 g/mol. The number of benzene rings is 1. The summed E-state index contributed by atoms with van der Waals surface area (Å²) in [6, 6.07) is 8.71. The first-order valence-corrected chi connectivity index (χ1v) is 7.11. The Labute approximate surface area is 116 Å². The molecule has 0 heteroatoms. The summed E-state index contributed by atoms with van der Waals surface area (Å²) in [7, 11) is 0. The van der Waals surface area contributed by atoms with Crippen molar-refractivity contribution >= 4 is 11.1 Å². The Hall–Kier alpha value is -1.82. The van der Waals surface area contributed by atoms with Gasteiger partial charge in [-0.2, -0.15) is 0 Å². The molecule has 0 fully saturated rings. The van der Waals surface area contributed by atoms with Gasteiger partial charge < -0.3 is 0 Å². The van der Waals surface area contributed by atoms with Crippen LogP contribution >= 0.6 is 0 Å². The fourth-order valence-electron chi connectivity index (χ4n) is 2.82.